The smallest absolute Gasteiger partial charge is 0.245 e. The van der Waals surface area contributed by atoms with E-state index < -0.39 is 6.04 Å². The van der Waals surface area contributed by atoms with Gasteiger partial charge in [-0.25, -0.2) is 0 Å². The normalized spacial score (nSPS) is 20.7. The fraction of sp³-hybridized carbons (Fsp3) is 0.630. The Balaban J connectivity index is 1.58. The van der Waals surface area contributed by atoms with E-state index in [0.29, 0.717) is 18.8 Å². The van der Waals surface area contributed by atoms with Gasteiger partial charge in [0.05, 0.1) is 24.1 Å². The van der Waals surface area contributed by atoms with Gasteiger partial charge in [-0.1, -0.05) is 30.9 Å². The van der Waals surface area contributed by atoms with Crippen LogP contribution < -0.4 is 10.6 Å². The lowest BCUT2D eigenvalue weighted by molar-refractivity contribution is -0.139. The predicted molar refractivity (Wildman–Crippen MR) is 136 cm³/mol. The number of amides is 2. The molecule has 2 aliphatic rings. The molecule has 1 aliphatic heterocycles. The van der Waals surface area contributed by atoms with Gasteiger partial charge >= 0.3 is 0 Å². The third-order valence-corrected chi connectivity index (χ3v) is 7.79. The minimum Gasteiger partial charge on any atom is -0.343 e. The Kier molecular flexibility index (Phi) is 7.89. The van der Waals surface area contributed by atoms with Gasteiger partial charge in [0.25, 0.3) is 0 Å². The summed E-state index contributed by atoms with van der Waals surface area (Å²) in [5.74, 6) is 0.00243. The molecular formula is C27H39N5O3. The van der Waals surface area contributed by atoms with E-state index in [1.54, 1.807) is 14.0 Å². The number of carbonyl (C=O) groups excluding carboxylic acids is 3. The third kappa shape index (κ3) is 5.42. The lowest BCUT2D eigenvalue weighted by Crippen LogP contribution is -2.56. The Morgan fingerprint density at radius 2 is 1.86 bits per heavy atom. The molecule has 0 radical (unpaired) electrons. The molecule has 3 unspecified atom stereocenters. The molecule has 8 nitrogen and oxygen atoms in total. The zero-order valence-electron chi connectivity index (χ0n) is 21.5. The van der Waals surface area contributed by atoms with Gasteiger partial charge in [-0.05, 0) is 64.6 Å². The Labute approximate surface area is 207 Å². The average Bonchev–Trinajstić information content (AvgIpc) is 3.46. The van der Waals surface area contributed by atoms with Crippen molar-refractivity contribution in [3.8, 4) is 0 Å². The SMILES string of the molecule is CNC(C)C(=O)NC(C(=O)N1CCCC1Cn1nc(C(C)=O)c2cc(C)ccc21)C1CCCCC1. The van der Waals surface area contributed by atoms with Gasteiger partial charge in [-0.15, -0.1) is 0 Å². The lowest BCUT2D eigenvalue weighted by Gasteiger charge is -2.35. The van der Waals surface area contributed by atoms with Gasteiger partial charge in [0, 0.05) is 18.9 Å². The molecule has 3 atom stereocenters. The monoisotopic (exact) mass is 481 g/mol. The number of Topliss-reactive ketones (excluding diaryl/α,β-unsaturated/α-hetero) is 1. The molecule has 2 amide bonds. The van der Waals surface area contributed by atoms with Crippen molar-refractivity contribution in [2.45, 2.75) is 90.4 Å². The predicted octanol–water partition coefficient (Wildman–Crippen LogP) is 3.21. The summed E-state index contributed by atoms with van der Waals surface area (Å²) in [6.07, 6.45) is 7.13. The Hall–Kier alpha value is -2.74. The number of hydrogen-bond donors (Lipinski definition) is 2. The van der Waals surface area contributed by atoms with E-state index in [-0.39, 0.29) is 35.6 Å². The second-order valence-corrected chi connectivity index (χ2v) is 10.3. The minimum atomic E-state index is -0.496. The van der Waals surface area contributed by atoms with Gasteiger partial charge in [0.2, 0.25) is 11.8 Å². The topological polar surface area (TPSA) is 96.3 Å². The van der Waals surface area contributed by atoms with E-state index in [2.05, 4.69) is 15.7 Å². The van der Waals surface area contributed by atoms with Crippen molar-refractivity contribution >= 4 is 28.5 Å². The first kappa shape index (κ1) is 25.4. The highest BCUT2D eigenvalue weighted by molar-refractivity contribution is 6.05. The summed E-state index contributed by atoms with van der Waals surface area (Å²) in [4.78, 5) is 40.9. The van der Waals surface area contributed by atoms with Gasteiger partial charge in [-0.2, -0.15) is 5.10 Å². The largest absolute Gasteiger partial charge is 0.343 e. The van der Waals surface area contributed by atoms with Crippen molar-refractivity contribution < 1.29 is 14.4 Å². The molecule has 1 aliphatic carbocycles. The number of likely N-dealkylation sites (N-methyl/N-ethyl adjacent to an activating group) is 1. The molecule has 0 bridgehead atoms. The van der Waals surface area contributed by atoms with Crippen LogP contribution in [0.1, 0.15) is 74.8 Å². The summed E-state index contributed by atoms with van der Waals surface area (Å²) >= 11 is 0. The van der Waals surface area contributed by atoms with Crippen LogP contribution in [-0.2, 0) is 16.1 Å². The Bertz CT molecular complexity index is 1090. The summed E-state index contributed by atoms with van der Waals surface area (Å²) in [5.41, 5.74) is 2.48. The van der Waals surface area contributed by atoms with Crippen molar-refractivity contribution in [2.24, 2.45) is 5.92 Å². The van der Waals surface area contributed by atoms with Crippen LogP contribution in [0.2, 0.25) is 0 Å². The summed E-state index contributed by atoms with van der Waals surface area (Å²) in [5, 5.41) is 11.6. The molecule has 190 valence electrons. The van der Waals surface area contributed by atoms with Gasteiger partial charge in [0.1, 0.15) is 11.7 Å². The molecule has 2 fully saturated rings. The zero-order valence-corrected chi connectivity index (χ0v) is 21.5. The first-order valence-electron chi connectivity index (χ1n) is 13.1. The number of aryl methyl sites for hydroxylation is 1. The summed E-state index contributed by atoms with van der Waals surface area (Å²) in [6.45, 7) is 6.59. The van der Waals surface area contributed by atoms with Crippen molar-refractivity contribution in [1.82, 2.24) is 25.3 Å². The second kappa shape index (κ2) is 10.9. The second-order valence-electron chi connectivity index (χ2n) is 10.3. The summed E-state index contributed by atoms with van der Waals surface area (Å²) < 4.78 is 1.89. The maximum Gasteiger partial charge on any atom is 0.245 e. The number of hydrogen-bond acceptors (Lipinski definition) is 5. The van der Waals surface area contributed by atoms with E-state index in [1.165, 1.54) is 6.42 Å². The molecule has 35 heavy (non-hydrogen) atoms. The lowest BCUT2D eigenvalue weighted by atomic mass is 9.83. The number of fused-ring (bicyclic) bond motifs is 1. The number of rotatable bonds is 8. The summed E-state index contributed by atoms with van der Waals surface area (Å²) in [7, 11) is 1.75. The van der Waals surface area contributed by atoms with E-state index in [9.17, 15) is 14.4 Å². The molecule has 1 aromatic heterocycles. The van der Waals surface area contributed by atoms with Crippen LogP contribution in [0.15, 0.2) is 18.2 Å². The highest BCUT2D eigenvalue weighted by atomic mass is 16.2. The molecule has 2 aromatic rings. The number of ketones is 1. The molecular weight excluding hydrogens is 442 g/mol. The molecule has 4 rings (SSSR count). The van der Waals surface area contributed by atoms with Crippen LogP contribution in [0.4, 0.5) is 0 Å². The van der Waals surface area contributed by atoms with E-state index >= 15 is 0 Å². The number of carbonyl (C=O) groups is 3. The number of benzene rings is 1. The maximum absolute atomic E-state index is 13.9. The Morgan fingerprint density at radius 3 is 2.54 bits per heavy atom. The van der Waals surface area contributed by atoms with E-state index in [1.807, 2.05) is 41.6 Å². The first-order valence-corrected chi connectivity index (χ1v) is 13.1. The zero-order chi connectivity index (χ0) is 25.1. The number of nitrogens with zero attached hydrogens (tertiary/aromatic N) is 3. The maximum atomic E-state index is 13.9. The highest BCUT2D eigenvalue weighted by Gasteiger charge is 2.39. The quantitative estimate of drug-likeness (QED) is 0.565. The van der Waals surface area contributed by atoms with Crippen LogP contribution in [0.5, 0.6) is 0 Å². The van der Waals surface area contributed by atoms with Crippen LogP contribution in [0, 0.1) is 12.8 Å². The van der Waals surface area contributed by atoms with E-state index in [4.69, 9.17) is 0 Å². The minimum absolute atomic E-state index is 0.0172. The molecule has 8 heteroatoms. The van der Waals surface area contributed by atoms with Crippen LogP contribution in [0.3, 0.4) is 0 Å². The van der Waals surface area contributed by atoms with Gasteiger partial charge in [0.15, 0.2) is 5.78 Å². The highest BCUT2D eigenvalue weighted by Crippen LogP contribution is 2.30. The van der Waals surface area contributed by atoms with Crippen LogP contribution in [-0.4, -0.2) is 64.0 Å². The van der Waals surface area contributed by atoms with Gasteiger partial charge in [-0.3, -0.25) is 19.1 Å². The fourth-order valence-electron chi connectivity index (χ4n) is 5.64. The number of nitrogens with one attached hydrogen (secondary N) is 2. The Morgan fingerprint density at radius 1 is 1.11 bits per heavy atom. The molecule has 0 spiro atoms. The van der Waals surface area contributed by atoms with Crippen molar-refractivity contribution in [3.05, 3.63) is 29.5 Å². The number of likely N-dealkylation sites (tertiary alicyclic amines) is 1. The van der Waals surface area contributed by atoms with Crippen molar-refractivity contribution in [3.63, 3.8) is 0 Å². The van der Waals surface area contributed by atoms with Crippen molar-refractivity contribution in [2.75, 3.05) is 13.6 Å². The van der Waals surface area contributed by atoms with Gasteiger partial charge < -0.3 is 15.5 Å². The first-order chi connectivity index (χ1) is 16.8. The van der Waals surface area contributed by atoms with Crippen LogP contribution in [0.25, 0.3) is 10.9 Å². The molecule has 2 heterocycles. The third-order valence-electron chi connectivity index (χ3n) is 7.79. The molecule has 2 N–H and O–H groups in total. The number of aromatic nitrogens is 2. The molecule has 1 saturated heterocycles. The molecule has 1 aromatic carbocycles. The van der Waals surface area contributed by atoms with Crippen molar-refractivity contribution in [1.29, 1.82) is 0 Å². The standard InChI is InChI=1S/C27H39N5O3/c1-17-12-13-23-22(15-17)24(19(3)33)30-32(23)16-21-11-8-14-31(21)27(35)25(20-9-6-5-7-10-20)29-26(34)18(2)28-4/h12-13,15,18,20-21,25,28H,5-11,14,16H2,1-4H3,(H,29,34). The average molecular weight is 482 g/mol. The molecule has 1 saturated carbocycles. The fourth-order valence-corrected chi connectivity index (χ4v) is 5.64. The van der Waals surface area contributed by atoms with Crippen LogP contribution >= 0.6 is 0 Å². The summed E-state index contributed by atoms with van der Waals surface area (Å²) in [6, 6.07) is 5.17. The van der Waals surface area contributed by atoms with E-state index in [0.717, 1.165) is 55.0 Å².